The average molecular weight is 675 g/mol. The summed E-state index contributed by atoms with van der Waals surface area (Å²) in [6, 6.07) is 29.0. The molecule has 0 fully saturated rings. The largest absolute Gasteiger partial charge is 0.462 e. The molecule has 0 aromatic heterocycles. The zero-order valence-electron chi connectivity index (χ0n) is 29.1. The van der Waals surface area contributed by atoms with Crippen molar-refractivity contribution in [2.24, 2.45) is 0 Å². The van der Waals surface area contributed by atoms with Gasteiger partial charge in [0.15, 0.2) is 18.3 Å². The molecule has 0 aliphatic heterocycles. The number of rotatable bonds is 21. The van der Waals surface area contributed by atoms with Crippen LogP contribution in [0.3, 0.4) is 0 Å². The Morgan fingerprint density at radius 2 is 0.837 bits per heavy atom. The molecule has 9 nitrogen and oxygen atoms in total. The van der Waals surface area contributed by atoms with Gasteiger partial charge in [-0.25, -0.2) is 0 Å². The summed E-state index contributed by atoms with van der Waals surface area (Å²) in [5.74, 6) is -2.19. The maximum atomic E-state index is 13.2. The van der Waals surface area contributed by atoms with Crippen molar-refractivity contribution in [1.82, 2.24) is 0 Å². The smallest absolute Gasteiger partial charge is 0.306 e. The Morgan fingerprint density at radius 3 is 1.22 bits per heavy atom. The predicted molar refractivity (Wildman–Crippen MR) is 185 cm³/mol. The van der Waals surface area contributed by atoms with Gasteiger partial charge >= 0.3 is 23.9 Å². The van der Waals surface area contributed by atoms with Gasteiger partial charge < -0.3 is 23.7 Å². The van der Waals surface area contributed by atoms with Gasteiger partial charge in [-0.3, -0.25) is 19.2 Å². The third-order valence-corrected chi connectivity index (χ3v) is 7.80. The van der Waals surface area contributed by atoms with Crippen molar-refractivity contribution in [2.75, 3.05) is 13.2 Å². The van der Waals surface area contributed by atoms with Crippen molar-refractivity contribution >= 4 is 23.9 Å². The summed E-state index contributed by atoms with van der Waals surface area (Å²) in [5, 5.41) is 0. The van der Waals surface area contributed by atoms with E-state index in [0.29, 0.717) is 25.7 Å². The fraction of sp³-hybridized carbons (Fsp3) is 0.450. The third-order valence-electron chi connectivity index (χ3n) is 7.80. The first kappa shape index (κ1) is 38.9. The van der Waals surface area contributed by atoms with E-state index in [9.17, 15) is 19.2 Å². The lowest BCUT2D eigenvalue weighted by Crippen LogP contribution is -2.51. The van der Waals surface area contributed by atoms with E-state index in [1.807, 2.05) is 119 Å². The van der Waals surface area contributed by atoms with Gasteiger partial charge in [0, 0.05) is 25.7 Å². The van der Waals surface area contributed by atoms with Gasteiger partial charge in [-0.2, -0.15) is 0 Å². The number of hydrogen-bond donors (Lipinski definition) is 0. The van der Waals surface area contributed by atoms with Gasteiger partial charge in [0.2, 0.25) is 0 Å². The van der Waals surface area contributed by atoms with Crippen LogP contribution in [0.5, 0.6) is 0 Å². The molecule has 3 aromatic rings. The Bertz CT molecular complexity index is 1330. The van der Waals surface area contributed by atoms with Crippen molar-refractivity contribution in [3.8, 4) is 0 Å². The molecule has 9 heteroatoms. The van der Waals surface area contributed by atoms with Gasteiger partial charge in [0.1, 0.15) is 12.2 Å². The third kappa shape index (κ3) is 11.6. The quantitative estimate of drug-likeness (QED) is 0.0645. The van der Waals surface area contributed by atoms with Gasteiger partial charge in [0.05, 0.1) is 6.61 Å². The molecule has 3 rings (SSSR count). The summed E-state index contributed by atoms with van der Waals surface area (Å²) in [5.41, 5.74) is 1.24. The summed E-state index contributed by atoms with van der Waals surface area (Å²) in [4.78, 5) is 51.7. The van der Waals surface area contributed by atoms with Crippen molar-refractivity contribution in [3.05, 3.63) is 108 Å². The zero-order valence-corrected chi connectivity index (χ0v) is 29.1. The molecule has 0 unspecified atom stereocenters. The maximum absolute atomic E-state index is 13.2. The standard InChI is InChI=1S/C40H50O9/c1-5-18-35(41)45-28-33(47-36(42)19-6-2)39(49-38(44)21-8-4)34(48-37(43)20-7-3)29-46-40(30-22-12-9-13-23-30,31-24-14-10-15-25-31)32-26-16-11-17-27-32/h9-17,22-27,33-34,39H,5-8,18-21,28-29H2,1-4H3/t33-,34+,39-/m0/s1. The fourth-order valence-corrected chi connectivity index (χ4v) is 5.49. The molecule has 0 aliphatic rings. The van der Waals surface area contributed by atoms with Crippen LogP contribution in [0, 0.1) is 0 Å². The summed E-state index contributed by atoms with van der Waals surface area (Å²) >= 11 is 0. The molecule has 0 bridgehead atoms. The second-order valence-electron chi connectivity index (χ2n) is 11.8. The number of hydrogen-bond acceptors (Lipinski definition) is 9. The van der Waals surface area contributed by atoms with Gasteiger partial charge in [-0.1, -0.05) is 119 Å². The first-order valence-electron chi connectivity index (χ1n) is 17.3. The Morgan fingerprint density at radius 1 is 0.490 bits per heavy atom. The Labute approximate surface area is 290 Å². The van der Waals surface area contributed by atoms with Crippen LogP contribution in [0.1, 0.15) is 95.8 Å². The maximum Gasteiger partial charge on any atom is 0.306 e. The summed E-state index contributed by atoms with van der Waals surface area (Å²) in [6.07, 6.45) is -1.40. The summed E-state index contributed by atoms with van der Waals surface area (Å²) in [6.45, 7) is 6.67. The van der Waals surface area contributed by atoms with Crippen LogP contribution < -0.4 is 0 Å². The van der Waals surface area contributed by atoms with Crippen molar-refractivity contribution in [1.29, 1.82) is 0 Å². The minimum absolute atomic E-state index is 0.0697. The average Bonchev–Trinajstić information content (AvgIpc) is 3.11. The number of carbonyl (C=O) groups excluding carboxylic acids is 4. The van der Waals surface area contributed by atoms with Gasteiger partial charge in [-0.05, 0) is 42.4 Å². The monoisotopic (exact) mass is 674 g/mol. The van der Waals surface area contributed by atoms with Gasteiger partial charge in [0.25, 0.3) is 0 Å². The van der Waals surface area contributed by atoms with Gasteiger partial charge in [-0.15, -0.1) is 0 Å². The first-order chi connectivity index (χ1) is 23.8. The minimum Gasteiger partial charge on any atom is -0.462 e. The van der Waals surface area contributed by atoms with Crippen LogP contribution in [0.2, 0.25) is 0 Å². The highest BCUT2D eigenvalue weighted by atomic mass is 16.6. The van der Waals surface area contributed by atoms with E-state index in [-0.39, 0.29) is 32.3 Å². The molecule has 3 aromatic carbocycles. The number of esters is 4. The predicted octanol–water partition coefficient (Wildman–Crippen LogP) is 7.47. The number of ether oxygens (including phenoxy) is 5. The van der Waals surface area contributed by atoms with Crippen LogP contribution in [0.4, 0.5) is 0 Å². The first-order valence-corrected chi connectivity index (χ1v) is 17.3. The molecule has 264 valence electrons. The highest BCUT2D eigenvalue weighted by Crippen LogP contribution is 2.41. The van der Waals surface area contributed by atoms with E-state index < -0.39 is 54.4 Å². The molecule has 0 amide bonds. The molecule has 0 spiro atoms. The lowest BCUT2D eigenvalue weighted by molar-refractivity contribution is -0.199. The lowest BCUT2D eigenvalue weighted by atomic mass is 9.80. The molecule has 0 aliphatic carbocycles. The fourth-order valence-electron chi connectivity index (χ4n) is 5.49. The van der Waals surface area contributed by atoms with Crippen LogP contribution in [0.15, 0.2) is 91.0 Å². The molecule has 0 saturated heterocycles. The SMILES string of the molecule is CCCC(=O)OC[C@H](OC(=O)CCC)[C@H](OC(=O)CCC)[C@@H](COC(c1ccccc1)(c1ccccc1)c1ccccc1)OC(=O)CCC. The number of benzene rings is 3. The van der Waals surface area contributed by atoms with Crippen LogP contribution in [-0.2, 0) is 48.5 Å². The van der Waals surface area contributed by atoms with Crippen molar-refractivity contribution < 1.29 is 42.9 Å². The van der Waals surface area contributed by atoms with Crippen LogP contribution in [0.25, 0.3) is 0 Å². The molecular formula is C40H50O9. The van der Waals surface area contributed by atoms with E-state index >= 15 is 0 Å². The second-order valence-corrected chi connectivity index (χ2v) is 11.8. The Balaban J connectivity index is 2.18. The normalized spacial score (nSPS) is 13.1. The van der Waals surface area contributed by atoms with Crippen LogP contribution in [-0.4, -0.2) is 55.4 Å². The van der Waals surface area contributed by atoms with E-state index in [2.05, 4.69) is 0 Å². The lowest BCUT2D eigenvalue weighted by Gasteiger charge is -2.38. The topological polar surface area (TPSA) is 114 Å². The molecular weight excluding hydrogens is 624 g/mol. The molecule has 0 radical (unpaired) electrons. The summed E-state index contributed by atoms with van der Waals surface area (Å²) < 4.78 is 30.4. The van der Waals surface area contributed by atoms with E-state index in [1.165, 1.54) is 0 Å². The van der Waals surface area contributed by atoms with E-state index in [1.54, 1.807) is 0 Å². The number of carbonyl (C=O) groups is 4. The molecule has 0 saturated carbocycles. The highest BCUT2D eigenvalue weighted by Gasteiger charge is 2.43. The van der Waals surface area contributed by atoms with Crippen molar-refractivity contribution in [3.63, 3.8) is 0 Å². The molecule has 0 heterocycles. The molecule has 49 heavy (non-hydrogen) atoms. The molecule has 0 N–H and O–H groups in total. The highest BCUT2D eigenvalue weighted by molar-refractivity contribution is 5.72. The zero-order chi connectivity index (χ0) is 35.5. The van der Waals surface area contributed by atoms with E-state index in [0.717, 1.165) is 16.7 Å². The minimum atomic E-state index is -1.35. The Hall–Kier alpha value is -4.50. The molecule has 3 atom stereocenters. The summed E-state index contributed by atoms with van der Waals surface area (Å²) in [7, 11) is 0. The Kier molecular flexibility index (Phi) is 16.5. The van der Waals surface area contributed by atoms with Crippen LogP contribution >= 0.6 is 0 Å². The van der Waals surface area contributed by atoms with E-state index in [4.69, 9.17) is 23.7 Å². The second kappa shape index (κ2) is 20.8. The van der Waals surface area contributed by atoms with Crippen molar-refractivity contribution in [2.45, 2.75) is 103 Å².